The molecule has 8 rings (SSSR count). The summed E-state index contributed by atoms with van der Waals surface area (Å²) in [5, 5.41) is 5.76. The minimum Gasteiger partial charge on any atom is -0.236 e. The summed E-state index contributed by atoms with van der Waals surface area (Å²) in [6.45, 7) is 0. The first-order valence-electron chi connectivity index (χ1n) is 13.5. The third kappa shape index (κ3) is 4.24. The Labute approximate surface area is 240 Å². The maximum Gasteiger partial charge on any atom is 0.164 e. The quantitative estimate of drug-likeness (QED) is 0.208. The van der Waals surface area contributed by atoms with Crippen LogP contribution in [-0.2, 0) is 0 Å². The highest BCUT2D eigenvalue weighted by Gasteiger charge is 2.15. The van der Waals surface area contributed by atoms with E-state index in [1.54, 1.807) is 11.3 Å². The molecule has 0 atom stereocenters. The number of hydrogen-bond acceptors (Lipinski definition) is 5. The topological polar surface area (TPSA) is 51.6 Å². The molecule has 0 fully saturated rings. The number of aromatic nitrogens is 4. The second-order valence-corrected chi connectivity index (χ2v) is 10.9. The molecule has 0 unspecified atom stereocenters. The first-order valence-corrected chi connectivity index (χ1v) is 14.3. The van der Waals surface area contributed by atoms with Crippen LogP contribution >= 0.6 is 11.3 Å². The number of benzene rings is 6. The molecule has 5 heteroatoms. The van der Waals surface area contributed by atoms with Crippen molar-refractivity contribution in [2.24, 2.45) is 0 Å². The van der Waals surface area contributed by atoms with Gasteiger partial charge in [-0.05, 0) is 28.3 Å². The van der Waals surface area contributed by atoms with Crippen molar-refractivity contribution in [3.05, 3.63) is 133 Å². The summed E-state index contributed by atoms with van der Waals surface area (Å²) in [4.78, 5) is 19.8. The molecule has 0 aliphatic carbocycles. The van der Waals surface area contributed by atoms with Crippen molar-refractivity contribution in [1.82, 2.24) is 19.9 Å². The molecule has 41 heavy (non-hydrogen) atoms. The van der Waals surface area contributed by atoms with Crippen molar-refractivity contribution in [3.63, 3.8) is 0 Å². The van der Waals surface area contributed by atoms with Gasteiger partial charge in [0.15, 0.2) is 17.5 Å². The predicted octanol–water partition coefficient (Wildman–Crippen LogP) is 9.46. The zero-order chi connectivity index (χ0) is 27.2. The molecule has 2 heterocycles. The highest BCUT2D eigenvalue weighted by atomic mass is 32.1. The molecule has 0 spiro atoms. The monoisotopic (exact) mass is 542 g/mol. The van der Waals surface area contributed by atoms with Crippen molar-refractivity contribution in [1.29, 1.82) is 0 Å². The Morgan fingerprint density at radius 1 is 0.415 bits per heavy atom. The molecule has 8 aromatic rings. The Bertz CT molecular complexity index is 2130. The van der Waals surface area contributed by atoms with Crippen LogP contribution in [0.2, 0.25) is 0 Å². The molecule has 0 bridgehead atoms. The second-order valence-electron chi connectivity index (χ2n) is 9.94. The van der Waals surface area contributed by atoms with Gasteiger partial charge in [-0.15, -0.1) is 11.3 Å². The van der Waals surface area contributed by atoms with Gasteiger partial charge in [0.2, 0.25) is 0 Å². The number of fused-ring (bicyclic) bond motifs is 5. The largest absolute Gasteiger partial charge is 0.236 e. The standard InChI is InChI=1S/C36H22N4S/c1-4-10-25(11-5-1)33-38-34(26-12-6-2-7-13-26)40-35(39-33)28-19-17-23-16-18-24-20-21-30-32(31(24)29(23)22-28)41-36(37-30)27-14-8-3-9-15-27/h1-22H. The highest BCUT2D eigenvalue weighted by Crippen LogP contribution is 2.39. The minimum atomic E-state index is 0.651. The molecule has 192 valence electrons. The molecule has 0 aliphatic rings. The maximum absolute atomic E-state index is 5.00. The van der Waals surface area contributed by atoms with Crippen molar-refractivity contribution in [2.75, 3.05) is 0 Å². The van der Waals surface area contributed by atoms with Gasteiger partial charge in [0.25, 0.3) is 0 Å². The minimum absolute atomic E-state index is 0.651. The first-order chi connectivity index (χ1) is 20.3. The van der Waals surface area contributed by atoms with E-state index >= 15 is 0 Å². The lowest BCUT2D eigenvalue weighted by atomic mass is 9.99. The summed E-state index contributed by atoms with van der Waals surface area (Å²) < 4.78 is 1.19. The maximum atomic E-state index is 5.00. The van der Waals surface area contributed by atoms with E-state index in [9.17, 15) is 0 Å². The molecule has 0 amide bonds. The van der Waals surface area contributed by atoms with Crippen molar-refractivity contribution in [2.45, 2.75) is 0 Å². The van der Waals surface area contributed by atoms with Gasteiger partial charge in [0, 0.05) is 27.6 Å². The van der Waals surface area contributed by atoms with Gasteiger partial charge in [-0.2, -0.15) is 0 Å². The van der Waals surface area contributed by atoms with Crippen LogP contribution < -0.4 is 0 Å². The van der Waals surface area contributed by atoms with Gasteiger partial charge in [-0.1, -0.05) is 121 Å². The molecule has 0 N–H and O–H groups in total. The van der Waals surface area contributed by atoms with E-state index in [4.69, 9.17) is 19.9 Å². The van der Waals surface area contributed by atoms with E-state index in [-0.39, 0.29) is 0 Å². The van der Waals surface area contributed by atoms with Crippen LogP contribution in [-0.4, -0.2) is 19.9 Å². The van der Waals surface area contributed by atoms with E-state index in [0.29, 0.717) is 17.5 Å². The van der Waals surface area contributed by atoms with Gasteiger partial charge in [0.05, 0.1) is 10.2 Å². The lowest BCUT2D eigenvalue weighted by Gasteiger charge is -2.10. The smallest absolute Gasteiger partial charge is 0.164 e. The fraction of sp³-hybridized carbons (Fsp3) is 0. The van der Waals surface area contributed by atoms with E-state index in [0.717, 1.165) is 38.2 Å². The third-order valence-electron chi connectivity index (χ3n) is 7.33. The SMILES string of the molecule is c1ccc(-c2nc(-c3ccccc3)nc(-c3ccc4ccc5ccc6nc(-c7ccccc7)sc6c5c4c3)n2)cc1. The fourth-order valence-corrected chi connectivity index (χ4v) is 6.44. The van der Waals surface area contributed by atoms with E-state index in [1.807, 2.05) is 66.7 Å². The highest BCUT2D eigenvalue weighted by molar-refractivity contribution is 7.22. The molecule has 2 aromatic heterocycles. The average molecular weight is 543 g/mol. The molecule has 4 nitrogen and oxygen atoms in total. The van der Waals surface area contributed by atoms with Gasteiger partial charge < -0.3 is 0 Å². The van der Waals surface area contributed by atoms with E-state index in [1.165, 1.54) is 20.9 Å². The number of nitrogens with zero attached hydrogens (tertiary/aromatic N) is 4. The number of rotatable bonds is 4. The van der Waals surface area contributed by atoms with Crippen LogP contribution in [0.25, 0.3) is 76.5 Å². The average Bonchev–Trinajstić information content (AvgIpc) is 3.50. The molecule has 0 aliphatic heterocycles. The Balaban J connectivity index is 1.36. The van der Waals surface area contributed by atoms with Crippen LogP contribution in [0.1, 0.15) is 0 Å². The van der Waals surface area contributed by atoms with Crippen LogP contribution in [0, 0.1) is 0 Å². The summed E-state index contributed by atoms with van der Waals surface area (Å²) in [5.74, 6) is 1.97. The van der Waals surface area contributed by atoms with Gasteiger partial charge >= 0.3 is 0 Å². The molecular weight excluding hydrogens is 520 g/mol. The molecule has 0 saturated carbocycles. The summed E-state index contributed by atoms with van der Waals surface area (Å²) >= 11 is 1.74. The summed E-state index contributed by atoms with van der Waals surface area (Å²) in [6, 6.07) is 45.7. The van der Waals surface area contributed by atoms with Crippen molar-refractivity contribution >= 4 is 43.1 Å². The summed E-state index contributed by atoms with van der Waals surface area (Å²) in [7, 11) is 0. The van der Waals surface area contributed by atoms with Crippen LogP contribution in [0.5, 0.6) is 0 Å². The lowest BCUT2D eigenvalue weighted by Crippen LogP contribution is -2.00. The van der Waals surface area contributed by atoms with Crippen molar-refractivity contribution in [3.8, 4) is 44.7 Å². The zero-order valence-electron chi connectivity index (χ0n) is 21.9. The first kappa shape index (κ1) is 23.6. The number of hydrogen-bond donors (Lipinski definition) is 0. The Hall–Kier alpha value is -5.26. The molecule has 0 radical (unpaired) electrons. The van der Waals surface area contributed by atoms with Crippen molar-refractivity contribution < 1.29 is 0 Å². The van der Waals surface area contributed by atoms with Crippen LogP contribution in [0.4, 0.5) is 0 Å². The Kier molecular flexibility index (Phi) is 5.61. The van der Waals surface area contributed by atoms with Gasteiger partial charge in [0.1, 0.15) is 5.01 Å². The van der Waals surface area contributed by atoms with Gasteiger partial charge in [-0.3, -0.25) is 0 Å². The van der Waals surface area contributed by atoms with E-state index < -0.39 is 0 Å². The van der Waals surface area contributed by atoms with Crippen LogP contribution in [0.3, 0.4) is 0 Å². The predicted molar refractivity (Wildman–Crippen MR) is 170 cm³/mol. The fourth-order valence-electron chi connectivity index (χ4n) is 5.30. The van der Waals surface area contributed by atoms with Crippen LogP contribution in [0.15, 0.2) is 133 Å². The Morgan fingerprint density at radius 2 is 0.927 bits per heavy atom. The molecular formula is C36H22N4S. The lowest BCUT2D eigenvalue weighted by molar-refractivity contribution is 1.07. The normalized spacial score (nSPS) is 11.4. The third-order valence-corrected chi connectivity index (χ3v) is 8.47. The van der Waals surface area contributed by atoms with Gasteiger partial charge in [-0.25, -0.2) is 19.9 Å². The second kappa shape index (κ2) is 9.73. The zero-order valence-corrected chi connectivity index (χ0v) is 22.7. The Morgan fingerprint density at radius 3 is 1.56 bits per heavy atom. The summed E-state index contributed by atoms with van der Waals surface area (Å²) in [5.41, 5.74) is 5.01. The molecule has 0 saturated heterocycles. The summed E-state index contributed by atoms with van der Waals surface area (Å²) in [6.07, 6.45) is 0. The molecule has 6 aromatic carbocycles. The number of thiazole rings is 1. The van der Waals surface area contributed by atoms with E-state index in [2.05, 4.69) is 66.7 Å².